The lowest BCUT2D eigenvalue weighted by molar-refractivity contribution is -0.139. The number of methoxy groups -OCH3 is 1. The number of sulfonamides is 1. The second-order valence-electron chi connectivity index (χ2n) is 9.32. The van der Waals surface area contributed by atoms with E-state index in [2.05, 4.69) is 5.32 Å². The number of para-hydroxylation sites is 2. The number of hydrogen-bond donors (Lipinski definition) is 1. The summed E-state index contributed by atoms with van der Waals surface area (Å²) in [6.07, 6.45) is 0.249. The summed E-state index contributed by atoms with van der Waals surface area (Å²) in [5.41, 5.74) is 1.88. The maximum atomic E-state index is 14.3. The highest BCUT2D eigenvalue weighted by Crippen LogP contribution is 2.32. The Morgan fingerprint density at radius 2 is 1.32 bits per heavy atom. The van der Waals surface area contributed by atoms with E-state index < -0.39 is 28.5 Å². The van der Waals surface area contributed by atoms with Crippen LogP contribution >= 0.6 is 0 Å². The van der Waals surface area contributed by atoms with Gasteiger partial charge in [0.05, 0.1) is 17.7 Å². The molecule has 0 heterocycles. The van der Waals surface area contributed by atoms with Gasteiger partial charge >= 0.3 is 0 Å². The lowest BCUT2D eigenvalue weighted by Crippen LogP contribution is -2.53. The molecule has 1 atom stereocenters. The van der Waals surface area contributed by atoms with E-state index in [1.54, 1.807) is 42.5 Å². The van der Waals surface area contributed by atoms with Crippen molar-refractivity contribution in [2.75, 3.05) is 25.0 Å². The molecule has 0 aromatic heterocycles. The molecule has 0 spiro atoms. The zero-order valence-corrected chi connectivity index (χ0v) is 23.8. The lowest BCUT2D eigenvalue weighted by Gasteiger charge is -2.33. The van der Waals surface area contributed by atoms with Crippen molar-refractivity contribution in [1.29, 1.82) is 0 Å². The monoisotopic (exact) mass is 571 g/mol. The zero-order valence-electron chi connectivity index (χ0n) is 23.0. The van der Waals surface area contributed by atoms with Crippen molar-refractivity contribution in [3.8, 4) is 5.75 Å². The second-order valence-corrected chi connectivity index (χ2v) is 11.2. The molecular formula is C32H33N3O5S. The summed E-state index contributed by atoms with van der Waals surface area (Å²) in [5.74, 6) is -0.599. The number of anilines is 1. The number of carbonyl (C=O) groups excluding carboxylic acids is 2. The van der Waals surface area contributed by atoms with Crippen LogP contribution in [0.1, 0.15) is 11.1 Å². The van der Waals surface area contributed by atoms with Crippen LogP contribution in [-0.4, -0.2) is 51.9 Å². The minimum absolute atomic E-state index is 0.0282. The van der Waals surface area contributed by atoms with Crippen molar-refractivity contribution in [3.63, 3.8) is 0 Å². The van der Waals surface area contributed by atoms with Crippen molar-refractivity contribution >= 4 is 27.5 Å². The molecule has 4 aromatic rings. The summed E-state index contributed by atoms with van der Waals surface area (Å²) in [4.78, 5) is 29.0. The molecule has 0 aliphatic carbocycles. The first-order chi connectivity index (χ1) is 19.8. The average Bonchev–Trinajstić information content (AvgIpc) is 3.02. The molecule has 0 saturated carbocycles. The molecule has 4 rings (SSSR count). The van der Waals surface area contributed by atoms with E-state index in [1.807, 2.05) is 60.7 Å². The Labute approximate surface area is 241 Å². The Kier molecular flexibility index (Phi) is 9.76. The summed E-state index contributed by atoms with van der Waals surface area (Å²) in [6.45, 7) is -0.442. The van der Waals surface area contributed by atoms with E-state index in [9.17, 15) is 18.0 Å². The Morgan fingerprint density at radius 3 is 1.90 bits per heavy atom. The molecule has 0 aliphatic rings. The molecule has 2 amide bonds. The summed E-state index contributed by atoms with van der Waals surface area (Å²) in [5, 5.41) is 2.68. The van der Waals surface area contributed by atoms with Crippen molar-refractivity contribution in [2.45, 2.75) is 23.9 Å². The fraction of sp³-hybridized carbons (Fsp3) is 0.188. The molecule has 8 nitrogen and oxygen atoms in total. The maximum Gasteiger partial charge on any atom is 0.264 e. The third-order valence-corrected chi connectivity index (χ3v) is 8.45. The highest BCUT2D eigenvalue weighted by molar-refractivity contribution is 7.92. The van der Waals surface area contributed by atoms with Crippen LogP contribution in [0.25, 0.3) is 0 Å². The molecule has 0 fully saturated rings. The molecule has 0 radical (unpaired) electrons. The van der Waals surface area contributed by atoms with E-state index >= 15 is 0 Å². The Hall–Kier alpha value is -4.63. The average molecular weight is 572 g/mol. The standard InChI is InChI=1S/C32H33N3O5S/c1-33-32(37)29(22-25-14-6-3-7-15-25)34(23-26-16-8-4-9-17-26)31(36)24-35(28-20-12-13-21-30(28)40-2)41(38,39)27-18-10-5-11-19-27/h3-21,29H,22-24H2,1-2H3,(H,33,37). The van der Waals surface area contributed by atoms with Gasteiger partial charge in [0.1, 0.15) is 18.3 Å². The molecular weight excluding hydrogens is 538 g/mol. The van der Waals surface area contributed by atoms with Gasteiger partial charge in [0, 0.05) is 20.0 Å². The van der Waals surface area contributed by atoms with Crippen LogP contribution in [0.5, 0.6) is 5.75 Å². The SMILES string of the molecule is CNC(=O)C(Cc1ccccc1)N(Cc1ccccc1)C(=O)CN(c1ccccc1OC)S(=O)(=O)c1ccccc1. The molecule has 0 saturated heterocycles. The normalized spacial score (nSPS) is 11.8. The largest absolute Gasteiger partial charge is 0.495 e. The molecule has 4 aromatic carbocycles. The summed E-state index contributed by atoms with van der Waals surface area (Å²) in [7, 11) is -1.23. The number of amides is 2. The van der Waals surface area contributed by atoms with E-state index in [-0.39, 0.29) is 29.5 Å². The van der Waals surface area contributed by atoms with Gasteiger partial charge in [-0.2, -0.15) is 0 Å². The number of hydrogen-bond acceptors (Lipinski definition) is 5. The van der Waals surface area contributed by atoms with Crippen LogP contribution in [0.2, 0.25) is 0 Å². The maximum absolute atomic E-state index is 14.3. The highest BCUT2D eigenvalue weighted by atomic mass is 32.2. The predicted octanol–water partition coefficient (Wildman–Crippen LogP) is 4.28. The molecule has 212 valence electrons. The Morgan fingerprint density at radius 1 is 0.780 bits per heavy atom. The molecule has 9 heteroatoms. The third kappa shape index (κ3) is 7.12. The first kappa shape index (κ1) is 29.4. The molecule has 1 unspecified atom stereocenters. The summed E-state index contributed by atoms with van der Waals surface area (Å²) in [6, 6.07) is 32.4. The Bertz CT molecular complexity index is 1550. The minimum atomic E-state index is -4.19. The van der Waals surface area contributed by atoms with Gasteiger partial charge in [0.2, 0.25) is 11.8 Å². The quantitative estimate of drug-likeness (QED) is 0.274. The number of likely N-dealkylation sites (N-methyl/N-ethyl adjacent to an activating group) is 1. The van der Waals surface area contributed by atoms with Crippen molar-refractivity contribution in [2.24, 2.45) is 0 Å². The summed E-state index contributed by atoms with van der Waals surface area (Å²) >= 11 is 0. The van der Waals surface area contributed by atoms with Gasteiger partial charge < -0.3 is 15.0 Å². The number of benzene rings is 4. The van der Waals surface area contributed by atoms with Crippen LogP contribution in [-0.2, 0) is 32.6 Å². The third-order valence-electron chi connectivity index (χ3n) is 6.68. The van der Waals surface area contributed by atoms with Crippen LogP contribution in [0.4, 0.5) is 5.69 Å². The predicted molar refractivity (Wildman–Crippen MR) is 159 cm³/mol. The van der Waals surface area contributed by atoms with Gasteiger partial charge in [-0.15, -0.1) is 0 Å². The smallest absolute Gasteiger partial charge is 0.264 e. The number of rotatable bonds is 12. The van der Waals surface area contributed by atoms with Gasteiger partial charge in [-0.05, 0) is 35.4 Å². The number of ether oxygens (including phenoxy) is 1. The number of nitrogens with zero attached hydrogens (tertiary/aromatic N) is 2. The topological polar surface area (TPSA) is 96.0 Å². The molecule has 0 aliphatic heterocycles. The number of nitrogens with one attached hydrogen (secondary N) is 1. The molecule has 41 heavy (non-hydrogen) atoms. The van der Waals surface area contributed by atoms with Crippen LogP contribution in [0.3, 0.4) is 0 Å². The van der Waals surface area contributed by atoms with Crippen LogP contribution < -0.4 is 14.4 Å². The molecule has 0 bridgehead atoms. The van der Waals surface area contributed by atoms with Gasteiger partial charge in [0.25, 0.3) is 10.0 Å². The van der Waals surface area contributed by atoms with Crippen molar-refractivity contribution < 1.29 is 22.7 Å². The van der Waals surface area contributed by atoms with Crippen molar-refractivity contribution in [1.82, 2.24) is 10.2 Å². The van der Waals surface area contributed by atoms with Gasteiger partial charge in [-0.25, -0.2) is 8.42 Å². The van der Waals surface area contributed by atoms with E-state index in [0.717, 1.165) is 15.4 Å². The van der Waals surface area contributed by atoms with E-state index in [4.69, 9.17) is 4.74 Å². The zero-order chi connectivity index (χ0) is 29.2. The van der Waals surface area contributed by atoms with E-state index in [1.165, 1.54) is 31.2 Å². The highest BCUT2D eigenvalue weighted by Gasteiger charge is 2.35. The lowest BCUT2D eigenvalue weighted by atomic mass is 10.0. The fourth-order valence-corrected chi connectivity index (χ4v) is 6.02. The minimum Gasteiger partial charge on any atom is -0.495 e. The molecule has 1 N–H and O–H groups in total. The van der Waals surface area contributed by atoms with E-state index in [0.29, 0.717) is 5.75 Å². The summed E-state index contributed by atoms with van der Waals surface area (Å²) < 4.78 is 34.5. The fourth-order valence-electron chi connectivity index (χ4n) is 4.57. The Balaban J connectivity index is 1.79. The number of carbonyl (C=O) groups is 2. The second kappa shape index (κ2) is 13.6. The first-order valence-corrected chi connectivity index (χ1v) is 14.6. The van der Waals surface area contributed by atoms with Crippen molar-refractivity contribution in [3.05, 3.63) is 126 Å². The van der Waals surface area contributed by atoms with Gasteiger partial charge in [-0.3, -0.25) is 13.9 Å². The first-order valence-electron chi connectivity index (χ1n) is 13.1. The van der Waals surface area contributed by atoms with Crippen LogP contribution in [0, 0.1) is 0 Å². The van der Waals surface area contributed by atoms with Gasteiger partial charge in [0.15, 0.2) is 0 Å². The van der Waals surface area contributed by atoms with Crippen LogP contribution in [0.15, 0.2) is 120 Å². The van der Waals surface area contributed by atoms with Gasteiger partial charge in [-0.1, -0.05) is 91.0 Å².